The van der Waals surface area contributed by atoms with Crippen molar-refractivity contribution in [3.05, 3.63) is 35.4 Å². The molecule has 120 valence electrons. The van der Waals surface area contributed by atoms with Crippen LogP contribution in [0.2, 0.25) is 0 Å². The summed E-state index contributed by atoms with van der Waals surface area (Å²) in [5.41, 5.74) is 2.47. The van der Waals surface area contributed by atoms with E-state index in [1.165, 1.54) is 30.4 Å². The molecule has 0 amide bonds. The lowest BCUT2D eigenvalue weighted by atomic mass is 9.86. The molecule has 0 aromatic heterocycles. The fourth-order valence-electron chi connectivity index (χ4n) is 3.50. The summed E-state index contributed by atoms with van der Waals surface area (Å²) in [4.78, 5) is 14.7. The average molecular weight is 301 g/mol. The third-order valence-electron chi connectivity index (χ3n) is 4.49. The molecule has 2 aliphatic carbocycles. The van der Waals surface area contributed by atoms with E-state index in [0.29, 0.717) is 18.6 Å². The van der Waals surface area contributed by atoms with Gasteiger partial charge in [-0.25, -0.2) is 0 Å². The first-order chi connectivity index (χ1) is 10.4. The molecule has 0 saturated heterocycles. The Labute approximate surface area is 133 Å². The van der Waals surface area contributed by atoms with E-state index in [9.17, 15) is 4.79 Å². The normalized spacial score (nSPS) is 21.5. The molecular formula is C19H27NO2. The minimum absolute atomic E-state index is 0.0949. The third-order valence-corrected chi connectivity index (χ3v) is 4.49. The Morgan fingerprint density at radius 3 is 2.64 bits per heavy atom. The van der Waals surface area contributed by atoms with Crippen molar-refractivity contribution in [3.63, 3.8) is 0 Å². The second kappa shape index (κ2) is 6.04. The van der Waals surface area contributed by atoms with Gasteiger partial charge in [0.1, 0.15) is 5.60 Å². The number of nitrogens with zero attached hydrogens (tertiary/aromatic N) is 1. The standard InChI is InChI=1S/C19H27NO2/c1-19(2,3)22-18(21)13-20(15-11-12-15)17-10-6-8-14-7-4-5-9-16(14)17/h4-5,7,9,15,17H,6,8,10-13H2,1-3H3. The van der Waals surface area contributed by atoms with Crippen LogP contribution in [0.15, 0.2) is 24.3 Å². The van der Waals surface area contributed by atoms with Crippen LogP contribution >= 0.6 is 0 Å². The first-order valence-electron chi connectivity index (χ1n) is 8.49. The molecule has 0 radical (unpaired) electrons. The van der Waals surface area contributed by atoms with Crippen LogP contribution in [-0.2, 0) is 16.0 Å². The summed E-state index contributed by atoms with van der Waals surface area (Å²) in [6.45, 7) is 6.22. The number of rotatable bonds is 4. The fraction of sp³-hybridized carbons (Fsp3) is 0.632. The summed E-state index contributed by atoms with van der Waals surface area (Å²) in [5.74, 6) is -0.0949. The molecule has 3 heteroatoms. The highest BCUT2D eigenvalue weighted by Gasteiger charge is 2.38. The summed E-state index contributed by atoms with van der Waals surface area (Å²) >= 11 is 0. The van der Waals surface area contributed by atoms with Crippen molar-refractivity contribution >= 4 is 5.97 Å². The smallest absolute Gasteiger partial charge is 0.320 e. The number of carbonyl (C=O) groups excluding carboxylic acids is 1. The largest absolute Gasteiger partial charge is 0.459 e. The molecule has 1 saturated carbocycles. The topological polar surface area (TPSA) is 29.5 Å². The Morgan fingerprint density at radius 2 is 1.95 bits per heavy atom. The van der Waals surface area contributed by atoms with E-state index >= 15 is 0 Å². The summed E-state index contributed by atoms with van der Waals surface area (Å²) < 4.78 is 5.54. The van der Waals surface area contributed by atoms with Gasteiger partial charge in [0.2, 0.25) is 0 Å². The Balaban J connectivity index is 1.77. The first-order valence-corrected chi connectivity index (χ1v) is 8.49. The molecule has 0 spiro atoms. The van der Waals surface area contributed by atoms with Gasteiger partial charge in [-0.1, -0.05) is 24.3 Å². The summed E-state index contributed by atoms with van der Waals surface area (Å²) in [5, 5.41) is 0. The Bertz CT molecular complexity index is 543. The van der Waals surface area contributed by atoms with Crippen LogP contribution in [0.25, 0.3) is 0 Å². The maximum Gasteiger partial charge on any atom is 0.320 e. The highest BCUT2D eigenvalue weighted by atomic mass is 16.6. The maximum absolute atomic E-state index is 12.3. The monoisotopic (exact) mass is 301 g/mol. The molecule has 0 N–H and O–H groups in total. The summed E-state index contributed by atoms with van der Waals surface area (Å²) in [6, 6.07) is 9.66. The lowest BCUT2D eigenvalue weighted by molar-refractivity contribution is -0.157. The van der Waals surface area contributed by atoms with Crippen LogP contribution in [0, 0.1) is 0 Å². The van der Waals surface area contributed by atoms with Crippen molar-refractivity contribution in [3.8, 4) is 0 Å². The van der Waals surface area contributed by atoms with E-state index < -0.39 is 5.60 Å². The van der Waals surface area contributed by atoms with Gasteiger partial charge >= 0.3 is 5.97 Å². The average Bonchev–Trinajstić information content (AvgIpc) is 3.27. The number of fused-ring (bicyclic) bond motifs is 1. The predicted molar refractivity (Wildman–Crippen MR) is 87.7 cm³/mol. The van der Waals surface area contributed by atoms with Gasteiger partial charge in [-0.15, -0.1) is 0 Å². The maximum atomic E-state index is 12.3. The quantitative estimate of drug-likeness (QED) is 0.791. The number of ether oxygens (including phenoxy) is 1. The third kappa shape index (κ3) is 3.70. The van der Waals surface area contributed by atoms with Crippen molar-refractivity contribution in [1.82, 2.24) is 4.90 Å². The van der Waals surface area contributed by atoms with Crippen molar-refractivity contribution in [1.29, 1.82) is 0 Å². The van der Waals surface area contributed by atoms with Crippen molar-refractivity contribution in [2.24, 2.45) is 0 Å². The second-order valence-corrected chi connectivity index (χ2v) is 7.60. The lowest BCUT2D eigenvalue weighted by Gasteiger charge is -2.36. The minimum Gasteiger partial charge on any atom is -0.459 e. The fourth-order valence-corrected chi connectivity index (χ4v) is 3.50. The van der Waals surface area contributed by atoms with Gasteiger partial charge in [0.15, 0.2) is 0 Å². The van der Waals surface area contributed by atoms with Gasteiger partial charge in [0, 0.05) is 12.1 Å². The molecule has 2 aliphatic rings. The molecular weight excluding hydrogens is 274 g/mol. The Hall–Kier alpha value is -1.35. The number of hydrogen-bond donors (Lipinski definition) is 0. The molecule has 3 rings (SSSR count). The van der Waals surface area contributed by atoms with E-state index in [1.54, 1.807) is 0 Å². The van der Waals surface area contributed by atoms with Crippen LogP contribution in [-0.4, -0.2) is 29.1 Å². The number of carbonyl (C=O) groups is 1. The van der Waals surface area contributed by atoms with E-state index in [2.05, 4.69) is 29.2 Å². The highest BCUT2D eigenvalue weighted by Crippen LogP contribution is 2.40. The van der Waals surface area contributed by atoms with Crippen LogP contribution in [0.4, 0.5) is 0 Å². The van der Waals surface area contributed by atoms with Gasteiger partial charge in [-0.2, -0.15) is 0 Å². The molecule has 1 aromatic carbocycles. The van der Waals surface area contributed by atoms with Gasteiger partial charge in [-0.3, -0.25) is 9.69 Å². The van der Waals surface area contributed by atoms with Crippen LogP contribution in [0.3, 0.4) is 0 Å². The SMILES string of the molecule is CC(C)(C)OC(=O)CN(C1CC1)C1CCCc2ccccc21. The zero-order valence-electron chi connectivity index (χ0n) is 14.0. The van der Waals surface area contributed by atoms with Gasteiger partial charge in [-0.05, 0) is 64.0 Å². The zero-order chi connectivity index (χ0) is 15.7. The van der Waals surface area contributed by atoms with E-state index in [1.807, 2.05) is 20.8 Å². The van der Waals surface area contributed by atoms with Gasteiger partial charge in [0.25, 0.3) is 0 Å². The van der Waals surface area contributed by atoms with Crippen LogP contribution < -0.4 is 0 Å². The molecule has 0 heterocycles. The zero-order valence-corrected chi connectivity index (χ0v) is 14.0. The van der Waals surface area contributed by atoms with Gasteiger partial charge in [0.05, 0.1) is 6.54 Å². The molecule has 1 unspecified atom stereocenters. The van der Waals surface area contributed by atoms with Crippen LogP contribution in [0.1, 0.15) is 63.6 Å². The number of hydrogen-bond acceptors (Lipinski definition) is 3. The molecule has 22 heavy (non-hydrogen) atoms. The summed E-state index contributed by atoms with van der Waals surface area (Å²) in [6.07, 6.45) is 5.94. The first kappa shape index (κ1) is 15.5. The number of aryl methyl sites for hydroxylation is 1. The molecule has 1 aromatic rings. The van der Waals surface area contributed by atoms with E-state index in [-0.39, 0.29) is 5.97 Å². The Morgan fingerprint density at radius 1 is 1.23 bits per heavy atom. The lowest BCUT2D eigenvalue weighted by Crippen LogP contribution is -2.39. The molecule has 1 fully saturated rings. The number of esters is 1. The second-order valence-electron chi connectivity index (χ2n) is 7.60. The molecule has 0 bridgehead atoms. The van der Waals surface area contributed by atoms with Crippen molar-refractivity contribution in [2.45, 2.75) is 70.6 Å². The number of benzene rings is 1. The van der Waals surface area contributed by atoms with E-state index in [0.717, 1.165) is 12.8 Å². The van der Waals surface area contributed by atoms with Crippen LogP contribution in [0.5, 0.6) is 0 Å². The molecule has 3 nitrogen and oxygen atoms in total. The van der Waals surface area contributed by atoms with Gasteiger partial charge < -0.3 is 4.74 Å². The summed E-state index contributed by atoms with van der Waals surface area (Å²) in [7, 11) is 0. The minimum atomic E-state index is -0.406. The highest BCUT2D eigenvalue weighted by molar-refractivity contribution is 5.72. The molecule has 1 atom stereocenters. The van der Waals surface area contributed by atoms with Crippen molar-refractivity contribution < 1.29 is 9.53 Å². The Kier molecular flexibility index (Phi) is 4.26. The predicted octanol–water partition coefficient (Wildman–Crippen LogP) is 3.87. The van der Waals surface area contributed by atoms with E-state index in [4.69, 9.17) is 4.74 Å². The molecule has 0 aliphatic heterocycles. The van der Waals surface area contributed by atoms with Crippen molar-refractivity contribution in [2.75, 3.05) is 6.54 Å².